The molecule has 0 amide bonds. The molecule has 0 spiro atoms. The Labute approximate surface area is 132 Å². The van der Waals surface area contributed by atoms with Crippen LogP contribution in [0.15, 0.2) is 21.9 Å². The molecule has 1 aromatic rings. The lowest BCUT2D eigenvalue weighted by Gasteiger charge is -2.19. The van der Waals surface area contributed by atoms with Crippen LogP contribution in [0, 0.1) is 0 Å². The van der Waals surface area contributed by atoms with Crippen LogP contribution < -0.4 is 11.2 Å². The number of ether oxygens (including phenoxy) is 2. The fraction of sp³-hybridized carbons (Fsp3) is 0.667. The Kier molecular flexibility index (Phi) is 8.38. The lowest BCUT2D eigenvalue weighted by atomic mass is 10.3. The van der Waals surface area contributed by atoms with Crippen molar-refractivity contribution in [3.05, 3.63) is 33.1 Å². The highest BCUT2D eigenvalue weighted by molar-refractivity contribution is 7.52. The van der Waals surface area contributed by atoms with Gasteiger partial charge >= 0.3 is 13.3 Å². The smallest absolute Gasteiger partial charge is 0.353 e. The minimum atomic E-state index is -3.96. The van der Waals surface area contributed by atoms with Gasteiger partial charge in [-0.1, -0.05) is 0 Å². The van der Waals surface area contributed by atoms with Crippen molar-refractivity contribution in [3.8, 4) is 0 Å². The molecule has 1 rings (SSSR count). The van der Waals surface area contributed by atoms with Crippen LogP contribution in [0.1, 0.15) is 6.42 Å². The summed E-state index contributed by atoms with van der Waals surface area (Å²) in [7, 11) is -2.45. The predicted molar refractivity (Wildman–Crippen MR) is 80.4 cm³/mol. The molecule has 0 aliphatic carbocycles. The number of aliphatic hydroxyl groups is 1. The first kappa shape index (κ1) is 19.8. The van der Waals surface area contributed by atoms with Crippen LogP contribution in [-0.2, 0) is 25.1 Å². The number of aliphatic hydroxyl groups excluding tert-OH is 1. The lowest BCUT2D eigenvalue weighted by Crippen LogP contribution is -2.34. The van der Waals surface area contributed by atoms with Gasteiger partial charge in [-0.2, -0.15) is 0 Å². The number of hydrogen-bond donors (Lipinski definition) is 3. The number of H-pyrrole nitrogens is 1. The third-order valence-electron chi connectivity index (χ3n) is 2.76. The second-order valence-electron chi connectivity index (χ2n) is 4.68. The van der Waals surface area contributed by atoms with Gasteiger partial charge in [-0.3, -0.25) is 18.9 Å². The zero-order chi connectivity index (χ0) is 17.3. The van der Waals surface area contributed by atoms with Crippen molar-refractivity contribution in [1.82, 2.24) is 9.55 Å². The van der Waals surface area contributed by atoms with Gasteiger partial charge in [0.05, 0.1) is 25.9 Å². The Morgan fingerprint density at radius 3 is 2.74 bits per heavy atom. The molecule has 0 saturated carbocycles. The van der Waals surface area contributed by atoms with Crippen molar-refractivity contribution in [2.24, 2.45) is 0 Å². The number of nitrogens with zero attached hydrogens (tertiary/aromatic N) is 1. The number of aromatic nitrogens is 2. The summed E-state index contributed by atoms with van der Waals surface area (Å²) in [5, 5.41) is 9.23. The quantitative estimate of drug-likeness (QED) is 0.344. The van der Waals surface area contributed by atoms with Crippen LogP contribution in [0.3, 0.4) is 0 Å². The van der Waals surface area contributed by atoms with Gasteiger partial charge in [0.25, 0.3) is 5.56 Å². The average molecular weight is 352 g/mol. The normalized spacial score (nSPS) is 15.3. The first-order valence-corrected chi connectivity index (χ1v) is 8.62. The molecule has 0 bridgehead atoms. The molecule has 1 unspecified atom stereocenters. The second kappa shape index (κ2) is 9.76. The molecule has 132 valence electrons. The van der Waals surface area contributed by atoms with Crippen LogP contribution >= 0.6 is 7.60 Å². The highest BCUT2D eigenvalue weighted by Crippen LogP contribution is 2.42. The molecule has 1 aromatic heterocycles. The Bertz CT molecular complexity index is 628. The monoisotopic (exact) mass is 352 g/mol. The summed E-state index contributed by atoms with van der Waals surface area (Å²) in [6.45, 7) is -0.131. The maximum Gasteiger partial charge on any atom is 0.353 e. The summed E-state index contributed by atoms with van der Waals surface area (Å²) in [6.07, 6.45) is 0.176. The molecule has 0 fully saturated rings. The molecule has 3 N–H and O–H groups in total. The molecular weight excluding hydrogens is 331 g/mol. The fourth-order valence-corrected chi connectivity index (χ4v) is 2.51. The molecule has 1 heterocycles. The third kappa shape index (κ3) is 7.69. The van der Waals surface area contributed by atoms with E-state index in [-0.39, 0.29) is 13.2 Å². The Morgan fingerprint density at radius 2 is 2.13 bits per heavy atom. The average Bonchev–Trinajstić information content (AvgIpc) is 2.50. The minimum absolute atomic E-state index is 0.0359. The minimum Gasteiger partial charge on any atom is -0.394 e. The summed E-state index contributed by atoms with van der Waals surface area (Å²) in [5.41, 5.74) is -1.21. The summed E-state index contributed by atoms with van der Waals surface area (Å²) >= 11 is 0. The first-order chi connectivity index (χ1) is 10.9. The van der Waals surface area contributed by atoms with E-state index in [1.807, 2.05) is 0 Å². The van der Waals surface area contributed by atoms with Crippen LogP contribution in [0.2, 0.25) is 0 Å². The second-order valence-corrected chi connectivity index (χ2v) is 6.47. The van der Waals surface area contributed by atoms with Gasteiger partial charge in [0, 0.05) is 26.0 Å². The van der Waals surface area contributed by atoms with Gasteiger partial charge in [-0.15, -0.1) is 0 Å². The van der Waals surface area contributed by atoms with Crippen LogP contribution in [0.25, 0.3) is 0 Å². The highest BCUT2D eigenvalue weighted by Gasteiger charge is 2.22. The van der Waals surface area contributed by atoms with Crippen molar-refractivity contribution in [3.63, 3.8) is 0 Å². The van der Waals surface area contributed by atoms with Gasteiger partial charge in [-0.05, 0) is 6.42 Å². The summed E-state index contributed by atoms with van der Waals surface area (Å²) in [5.74, 6) is 0. The fourth-order valence-electron chi connectivity index (χ4n) is 1.62. The number of aromatic amines is 1. The maximum atomic E-state index is 11.7. The van der Waals surface area contributed by atoms with Crippen molar-refractivity contribution in [2.45, 2.75) is 19.1 Å². The van der Waals surface area contributed by atoms with E-state index in [0.29, 0.717) is 13.0 Å². The summed E-state index contributed by atoms with van der Waals surface area (Å²) < 4.78 is 27.6. The summed E-state index contributed by atoms with van der Waals surface area (Å²) in [6, 6.07) is 1.14. The molecule has 10 nitrogen and oxygen atoms in total. The van der Waals surface area contributed by atoms with Gasteiger partial charge in [0.1, 0.15) is 6.35 Å². The third-order valence-corrected chi connectivity index (χ3v) is 3.82. The molecule has 0 radical (unpaired) electrons. The van der Waals surface area contributed by atoms with E-state index in [1.54, 1.807) is 0 Å². The summed E-state index contributed by atoms with van der Waals surface area (Å²) in [4.78, 5) is 34.1. The zero-order valence-electron chi connectivity index (χ0n) is 12.7. The first-order valence-electron chi connectivity index (χ1n) is 6.85. The van der Waals surface area contributed by atoms with E-state index in [9.17, 15) is 24.2 Å². The maximum absolute atomic E-state index is 11.7. The van der Waals surface area contributed by atoms with Crippen molar-refractivity contribution >= 4 is 7.60 Å². The van der Waals surface area contributed by atoms with Crippen molar-refractivity contribution in [1.29, 1.82) is 0 Å². The number of methoxy groups -OCH3 is 1. The Hall–Kier alpha value is -1.29. The van der Waals surface area contributed by atoms with Gasteiger partial charge in [-0.25, -0.2) is 4.79 Å². The SMILES string of the molecule is COCCCOP(=O)(O)CO[C@H](CO)Cn1ccc(=O)[nH]c1=O. The van der Waals surface area contributed by atoms with E-state index in [0.717, 1.165) is 10.6 Å². The number of nitrogens with one attached hydrogen (secondary N) is 1. The molecule has 2 atom stereocenters. The Morgan fingerprint density at radius 1 is 1.39 bits per heavy atom. The predicted octanol–water partition coefficient (Wildman–Crippen LogP) is -0.890. The molecule has 0 saturated heterocycles. The molecule has 0 aliphatic heterocycles. The van der Waals surface area contributed by atoms with Crippen molar-refractivity contribution in [2.75, 3.05) is 33.3 Å². The molecule has 0 aliphatic rings. The zero-order valence-corrected chi connectivity index (χ0v) is 13.6. The van der Waals surface area contributed by atoms with E-state index < -0.39 is 37.9 Å². The van der Waals surface area contributed by atoms with Crippen LogP contribution in [-0.4, -0.2) is 58.9 Å². The molecule has 11 heteroatoms. The topological polar surface area (TPSA) is 140 Å². The molecule has 0 aromatic carbocycles. The lowest BCUT2D eigenvalue weighted by molar-refractivity contribution is 0.0164. The van der Waals surface area contributed by atoms with E-state index in [2.05, 4.69) is 4.98 Å². The van der Waals surface area contributed by atoms with Gasteiger partial charge in [0.15, 0.2) is 0 Å². The molecule has 23 heavy (non-hydrogen) atoms. The molecular formula is C12H21N2O8P. The largest absolute Gasteiger partial charge is 0.394 e. The highest BCUT2D eigenvalue weighted by atomic mass is 31.2. The standard InChI is InChI=1S/C12H21N2O8P/c1-20-5-2-6-22-23(18,19)9-21-10(8-15)7-14-4-3-11(16)13-12(14)17/h3-4,10,15H,2,5-9H2,1H3,(H,18,19)(H,13,16,17)/t10-/m0/s1. The van der Waals surface area contributed by atoms with Gasteiger partial charge in [0.2, 0.25) is 0 Å². The number of hydrogen-bond acceptors (Lipinski definition) is 7. The van der Waals surface area contributed by atoms with Crippen LogP contribution in [0.4, 0.5) is 0 Å². The van der Waals surface area contributed by atoms with Gasteiger partial charge < -0.3 is 24.0 Å². The van der Waals surface area contributed by atoms with Crippen molar-refractivity contribution < 1.29 is 28.6 Å². The van der Waals surface area contributed by atoms with Crippen LogP contribution in [0.5, 0.6) is 0 Å². The van der Waals surface area contributed by atoms with E-state index in [4.69, 9.17) is 14.0 Å². The number of rotatable bonds is 11. The van der Waals surface area contributed by atoms with E-state index >= 15 is 0 Å². The Balaban J connectivity index is 2.51. The van der Waals surface area contributed by atoms with E-state index in [1.165, 1.54) is 13.3 Å².